The van der Waals surface area contributed by atoms with Crippen LogP contribution in [0.15, 0.2) is 36.4 Å². The Hall–Kier alpha value is -0.650. The number of thioether (sulfide) groups is 3. The molecule has 1 aliphatic heterocycles. The Morgan fingerprint density at radius 3 is 1.62 bits per heavy atom. The van der Waals surface area contributed by atoms with Crippen molar-refractivity contribution in [3.05, 3.63) is 47.8 Å². The van der Waals surface area contributed by atoms with Crippen molar-refractivity contribution < 1.29 is 0 Å². The maximum atomic E-state index is 4.76. The molecule has 0 aliphatic carbocycles. The number of rotatable bonds is 0. The molecule has 0 saturated heterocycles. The summed E-state index contributed by atoms with van der Waals surface area (Å²) in [5.74, 6) is 6.85. The topological polar surface area (TPSA) is 25.8 Å². The van der Waals surface area contributed by atoms with Crippen molar-refractivity contribution >= 4 is 35.3 Å². The van der Waals surface area contributed by atoms with Gasteiger partial charge >= 0.3 is 0 Å². The monoisotopic (exact) mass is 334 g/mol. The number of aromatic nitrogens is 2. The molecular weight excluding hydrogens is 316 g/mol. The molecule has 5 heteroatoms. The second-order valence-corrected chi connectivity index (χ2v) is 8.18. The first-order chi connectivity index (χ1) is 10.4. The van der Waals surface area contributed by atoms with Crippen LogP contribution < -0.4 is 0 Å². The first kappa shape index (κ1) is 15.3. The minimum atomic E-state index is 0.989. The fourth-order valence-corrected chi connectivity index (χ4v) is 5.21. The molecule has 2 nitrogen and oxygen atoms in total. The fraction of sp³-hybridized carbons (Fsp3) is 0.375. The van der Waals surface area contributed by atoms with E-state index in [9.17, 15) is 0 Å². The van der Waals surface area contributed by atoms with Gasteiger partial charge in [-0.25, -0.2) is 0 Å². The minimum Gasteiger partial charge on any atom is -0.250 e. The largest absolute Gasteiger partial charge is 0.250 e. The van der Waals surface area contributed by atoms with E-state index in [1.165, 1.54) is 23.0 Å². The lowest BCUT2D eigenvalue weighted by atomic mass is 10.2. The van der Waals surface area contributed by atoms with Crippen molar-refractivity contribution in [2.24, 2.45) is 0 Å². The number of fused-ring (bicyclic) bond motifs is 5. The molecule has 0 unspecified atom stereocenters. The summed E-state index contributed by atoms with van der Waals surface area (Å²) in [5.41, 5.74) is 4.28. The highest BCUT2D eigenvalue weighted by Crippen LogP contribution is 2.21. The first-order valence-corrected chi connectivity index (χ1v) is 10.5. The van der Waals surface area contributed by atoms with E-state index >= 15 is 0 Å². The molecule has 4 bridgehead atoms. The summed E-state index contributed by atoms with van der Waals surface area (Å²) in [6.45, 7) is 0. The molecule has 0 radical (unpaired) electrons. The molecule has 0 atom stereocenters. The highest BCUT2D eigenvalue weighted by atomic mass is 32.2. The summed E-state index contributed by atoms with van der Waals surface area (Å²) in [7, 11) is 0. The Kier molecular flexibility index (Phi) is 5.89. The Labute approximate surface area is 138 Å². The lowest BCUT2D eigenvalue weighted by molar-refractivity contribution is 1.13. The van der Waals surface area contributed by atoms with E-state index in [1.54, 1.807) is 0 Å². The first-order valence-electron chi connectivity index (χ1n) is 7.07. The van der Waals surface area contributed by atoms with Gasteiger partial charge in [0.2, 0.25) is 0 Å². The van der Waals surface area contributed by atoms with E-state index in [0.29, 0.717) is 0 Å². The zero-order valence-electron chi connectivity index (χ0n) is 11.8. The maximum Gasteiger partial charge on any atom is 0.0889 e. The molecular formula is C16H18N2S3. The van der Waals surface area contributed by atoms with Gasteiger partial charge in [-0.05, 0) is 24.3 Å². The Morgan fingerprint density at radius 1 is 0.619 bits per heavy atom. The molecule has 3 heterocycles. The van der Waals surface area contributed by atoms with E-state index in [4.69, 9.17) is 9.97 Å². The van der Waals surface area contributed by atoms with Gasteiger partial charge in [0.15, 0.2) is 0 Å². The van der Waals surface area contributed by atoms with E-state index in [-0.39, 0.29) is 0 Å². The highest BCUT2D eigenvalue weighted by Gasteiger charge is 2.05. The summed E-state index contributed by atoms with van der Waals surface area (Å²) >= 11 is 5.99. The van der Waals surface area contributed by atoms with Gasteiger partial charge in [-0.3, -0.25) is 9.97 Å². The standard InChI is InChI=1S/C16H18N2S3/c1-3-13-11-20-9-7-19-8-10-21-12-14-4-2-6-16(18-14)15(5-1)17-13/h1-6H,7-12H2. The van der Waals surface area contributed by atoms with Crippen LogP contribution in [0.3, 0.4) is 0 Å². The molecule has 110 valence electrons. The van der Waals surface area contributed by atoms with Gasteiger partial charge in [0.1, 0.15) is 0 Å². The average Bonchev–Trinajstić information content (AvgIpc) is 2.53. The molecule has 0 saturated carbocycles. The maximum absolute atomic E-state index is 4.76. The minimum absolute atomic E-state index is 0.989. The molecule has 3 rings (SSSR count). The number of hydrogen-bond donors (Lipinski definition) is 0. The predicted molar refractivity (Wildman–Crippen MR) is 97.1 cm³/mol. The van der Waals surface area contributed by atoms with E-state index in [0.717, 1.165) is 34.3 Å². The Balaban J connectivity index is 1.86. The molecule has 1 aliphatic rings. The second kappa shape index (κ2) is 8.11. The van der Waals surface area contributed by atoms with Crippen molar-refractivity contribution in [3.8, 4) is 11.4 Å². The van der Waals surface area contributed by atoms with Crippen LogP contribution in [0.2, 0.25) is 0 Å². The molecule has 0 N–H and O–H groups in total. The molecule has 2 aromatic rings. The smallest absolute Gasteiger partial charge is 0.0889 e. The van der Waals surface area contributed by atoms with Crippen molar-refractivity contribution in [1.82, 2.24) is 9.97 Å². The number of nitrogens with zero attached hydrogens (tertiary/aromatic N) is 2. The molecule has 0 aromatic carbocycles. The normalized spacial score (nSPS) is 16.8. The van der Waals surface area contributed by atoms with Crippen molar-refractivity contribution in [2.45, 2.75) is 11.5 Å². The number of hydrogen-bond acceptors (Lipinski definition) is 5. The lowest BCUT2D eigenvalue weighted by Gasteiger charge is -2.05. The van der Waals surface area contributed by atoms with E-state index in [2.05, 4.69) is 48.2 Å². The van der Waals surface area contributed by atoms with Gasteiger partial charge in [0.25, 0.3) is 0 Å². The second-order valence-electron chi connectivity index (χ2n) is 4.75. The van der Waals surface area contributed by atoms with Crippen molar-refractivity contribution in [3.63, 3.8) is 0 Å². The molecule has 21 heavy (non-hydrogen) atoms. The summed E-state index contributed by atoms with van der Waals surface area (Å²) in [5, 5.41) is 0. The highest BCUT2D eigenvalue weighted by molar-refractivity contribution is 8.04. The van der Waals surface area contributed by atoms with Gasteiger partial charge in [-0.2, -0.15) is 35.3 Å². The number of pyridine rings is 2. The zero-order valence-corrected chi connectivity index (χ0v) is 14.3. The van der Waals surface area contributed by atoms with Crippen LogP contribution in [-0.2, 0) is 11.5 Å². The SMILES string of the molecule is c1cc2nc(c1)-c1cccc(n1)CSCCSCCSC2. The lowest BCUT2D eigenvalue weighted by Crippen LogP contribution is -1.95. The van der Waals surface area contributed by atoms with Crippen LogP contribution in [0, 0.1) is 0 Å². The van der Waals surface area contributed by atoms with Gasteiger partial charge < -0.3 is 0 Å². The van der Waals surface area contributed by atoms with Crippen LogP contribution in [0.4, 0.5) is 0 Å². The van der Waals surface area contributed by atoms with Crippen LogP contribution in [0.1, 0.15) is 11.4 Å². The fourth-order valence-electron chi connectivity index (χ4n) is 2.10. The van der Waals surface area contributed by atoms with Gasteiger partial charge in [-0.15, -0.1) is 0 Å². The van der Waals surface area contributed by atoms with Gasteiger partial charge in [0, 0.05) is 34.5 Å². The van der Waals surface area contributed by atoms with Crippen molar-refractivity contribution in [2.75, 3.05) is 23.0 Å². The van der Waals surface area contributed by atoms with Crippen LogP contribution in [-0.4, -0.2) is 33.0 Å². The molecule has 0 amide bonds. The quantitative estimate of drug-likeness (QED) is 0.713. The third-order valence-electron chi connectivity index (χ3n) is 3.12. The summed E-state index contributed by atoms with van der Waals surface area (Å²) < 4.78 is 0. The average molecular weight is 335 g/mol. The van der Waals surface area contributed by atoms with Gasteiger partial charge in [-0.1, -0.05) is 12.1 Å². The van der Waals surface area contributed by atoms with Crippen LogP contribution >= 0.6 is 35.3 Å². The molecule has 0 spiro atoms. The third-order valence-corrected chi connectivity index (χ3v) is 6.61. The molecule has 0 fully saturated rings. The predicted octanol–water partition coefficient (Wildman–Crippen LogP) is 4.36. The third kappa shape index (κ3) is 4.66. The summed E-state index contributed by atoms with van der Waals surface area (Å²) in [4.78, 5) is 9.52. The van der Waals surface area contributed by atoms with E-state index in [1.807, 2.05) is 23.5 Å². The van der Waals surface area contributed by atoms with Crippen molar-refractivity contribution in [1.29, 1.82) is 0 Å². The van der Waals surface area contributed by atoms with E-state index < -0.39 is 0 Å². The summed E-state index contributed by atoms with van der Waals surface area (Å²) in [6, 6.07) is 12.5. The van der Waals surface area contributed by atoms with Gasteiger partial charge in [0.05, 0.1) is 22.8 Å². The van der Waals surface area contributed by atoms with Crippen LogP contribution in [0.25, 0.3) is 11.4 Å². The Morgan fingerprint density at radius 2 is 1.10 bits per heavy atom. The zero-order chi connectivity index (χ0) is 14.3. The Bertz CT molecular complexity index is 538. The van der Waals surface area contributed by atoms with Crippen LogP contribution in [0.5, 0.6) is 0 Å². The molecule has 2 aromatic heterocycles. The summed E-state index contributed by atoms with van der Waals surface area (Å²) in [6.07, 6.45) is 0.